The highest BCUT2D eigenvalue weighted by Gasteiger charge is 2.26. The van der Waals surface area contributed by atoms with Crippen LogP contribution >= 0.6 is 0 Å². The number of carbonyl (C=O) groups is 2. The van der Waals surface area contributed by atoms with Crippen molar-refractivity contribution in [3.63, 3.8) is 0 Å². The van der Waals surface area contributed by atoms with Gasteiger partial charge in [0.25, 0.3) is 0 Å². The van der Waals surface area contributed by atoms with Crippen molar-refractivity contribution in [1.82, 2.24) is 10.2 Å². The molecule has 17 heavy (non-hydrogen) atoms. The first-order valence-electron chi connectivity index (χ1n) is 5.25. The van der Waals surface area contributed by atoms with Crippen molar-refractivity contribution in [2.75, 3.05) is 14.2 Å². The molecule has 0 saturated carbocycles. The van der Waals surface area contributed by atoms with Crippen molar-refractivity contribution < 1.29 is 19.1 Å². The Bertz CT molecular complexity index is 423. The molecule has 0 unspecified atom stereocenters. The van der Waals surface area contributed by atoms with Crippen LogP contribution in [0.2, 0.25) is 0 Å². The van der Waals surface area contributed by atoms with Crippen molar-refractivity contribution in [2.24, 2.45) is 5.92 Å². The number of H-pyrrole nitrogens is 1. The minimum absolute atomic E-state index is 0.0324. The van der Waals surface area contributed by atoms with Crippen molar-refractivity contribution in [3.05, 3.63) is 17.0 Å². The molecule has 0 aliphatic heterocycles. The van der Waals surface area contributed by atoms with Gasteiger partial charge in [-0.05, 0) is 12.3 Å². The zero-order valence-electron chi connectivity index (χ0n) is 10.4. The van der Waals surface area contributed by atoms with Gasteiger partial charge in [0.1, 0.15) is 5.56 Å². The number of nitrogens with zero attached hydrogens (tertiary/aromatic N) is 1. The molecule has 1 aromatic heterocycles. The molecule has 0 radical (unpaired) electrons. The molecule has 0 amide bonds. The molecule has 0 aliphatic rings. The molecule has 6 heteroatoms. The molecule has 0 aliphatic carbocycles. The second kappa shape index (κ2) is 5.47. The average Bonchev–Trinajstić information content (AvgIpc) is 2.69. The van der Waals surface area contributed by atoms with Gasteiger partial charge in [0.2, 0.25) is 0 Å². The van der Waals surface area contributed by atoms with Crippen molar-refractivity contribution >= 4 is 11.9 Å². The third-order valence-electron chi connectivity index (χ3n) is 2.22. The average molecular weight is 240 g/mol. The van der Waals surface area contributed by atoms with Gasteiger partial charge in [-0.3, -0.25) is 5.10 Å². The van der Waals surface area contributed by atoms with Gasteiger partial charge in [0.05, 0.1) is 19.9 Å². The molecule has 0 spiro atoms. The predicted molar refractivity (Wildman–Crippen MR) is 59.8 cm³/mol. The van der Waals surface area contributed by atoms with Gasteiger partial charge >= 0.3 is 11.9 Å². The van der Waals surface area contributed by atoms with E-state index in [2.05, 4.69) is 19.7 Å². The van der Waals surface area contributed by atoms with Crippen LogP contribution in [0.1, 0.15) is 40.4 Å². The zero-order chi connectivity index (χ0) is 13.0. The number of ether oxygens (including phenoxy) is 2. The summed E-state index contributed by atoms with van der Waals surface area (Å²) in [5.74, 6) is -0.921. The number of hydrogen-bond donors (Lipinski definition) is 1. The Balaban J connectivity index is 3.19. The molecule has 0 aromatic carbocycles. The summed E-state index contributed by atoms with van der Waals surface area (Å²) in [5, 5.41) is 6.49. The first kappa shape index (κ1) is 13.2. The van der Waals surface area contributed by atoms with E-state index in [0.29, 0.717) is 18.0 Å². The van der Waals surface area contributed by atoms with Gasteiger partial charge in [-0.25, -0.2) is 9.59 Å². The standard InChI is InChI=1S/C11H16N2O4/c1-6(2)5-7-8(10(14)16-3)9(13-12-7)11(15)17-4/h6H,5H2,1-4H3,(H,12,13). The predicted octanol–water partition coefficient (Wildman–Crippen LogP) is 1.18. The molecule has 0 fully saturated rings. The number of aromatic amines is 1. The zero-order valence-corrected chi connectivity index (χ0v) is 10.4. The van der Waals surface area contributed by atoms with E-state index >= 15 is 0 Å². The van der Waals surface area contributed by atoms with Crippen LogP contribution in [0.5, 0.6) is 0 Å². The van der Waals surface area contributed by atoms with Crippen LogP contribution in [0.3, 0.4) is 0 Å². The number of hydrogen-bond acceptors (Lipinski definition) is 5. The highest BCUT2D eigenvalue weighted by molar-refractivity contribution is 6.02. The third kappa shape index (κ3) is 2.83. The van der Waals surface area contributed by atoms with Gasteiger partial charge in [-0.2, -0.15) is 5.10 Å². The van der Waals surface area contributed by atoms with Gasteiger partial charge in [-0.1, -0.05) is 13.8 Å². The summed E-state index contributed by atoms with van der Waals surface area (Å²) in [6.07, 6.45) is 0.606. The highest BCUT2D eigenvalue weighted by atomic mass is 16.5. The van der Waals surface area contributed by atoms with Gasteiger partial charge < -0.3 is 9.47 Å². The first-order valence-corrected chi connectivity index (χ1v) is 5.25. The van der Waals surface area contributed by atoms with Crippen molar-refractivity contribution in [2.45, 2.75) is 20.3 Å². The number of esters is 2. The second-order valence-electron chi connectivity index (χ2n) is 4.01. The van der Waals surface area contributed by atoms with E-state index < -0.39 is 11.9 Å². The number of aromatic nitrogens is 2. The minimum Gasteiger partial charge on any atom is -0.465 e. The molecule has 0 saturated heterocycles. The van der Waals surface area contributed by atoms with Crippen LogP contribution < -0.4 is 0 Å². The number of carbonyl (C=O) groups excluding carboxylic acids is 2. The van der Waals surface area contributed by atoms with E-state index in [4.69, 9.17) is 0 Å². The summed E-state index contributed by atoms with van der Waals surface area (Å²) in [6, 6.07) is 0. The molecule has 1 N–H and O–H groups in total. The van der Waals surface area contributed by atoms with Crippen LogP contribution in [0.4, 0.5) is 0 Å². The van der Waals surface area contributed by atoms with E-state index in [1.807, 2.05) is 13.8 Å². The maximum Gasteiger partial charge on any atom is 0.359 e. The fourth-order valence-corrected chi connectivity index (χ4v) is 1.50. The van der Waals surface area contributed by atoms with Gasteiger partial charge in [0.15, 0.2) is 5.69 Å². The Hall–Kier alpha value is -1.85. The van der Waals surface area contributed by atoms with E-state index in [1.165, 1.54) is 14.2 Å². The van der Waals surface area contributed by atoms with Gasteiger partial charge in [-0.15, -0.1) is 0 Å². The Morgan fingerprint density at radius 3 is 2.29 bits per heavy atom. The fourth-order valence-electron chi connectivity index (χ4n) is 1.50. The van der Waals surface area contributed by atoms with Crippen molar-refractivity contribution in [1.29, 1.82) is 0 Å². The molecule has 0 bridgehead atoms. The molecule has 1 rings (SSSR count). The molecule has 1 heterocycles. The fraction of sp³-hybridized carbons (Fsp3) is 0.545. The van der Waals surface area contributed by atoms with Crippen molar-refractivity contribution in [3.8, 4) is 0 Å². The number of methoxy groups -OCH3 is 2. The lowest BCUT2D eigenvalue weighted by Crippen LogP contribution is -2.12. The molecular weight excluding hydrogens is 224 g/mol. The molecule has 0 atom stereocenters. The summed E-state index contributed by atoms with van der Waals surface area (Å²) in [7, 11) is 2.50. The van der Waals surface area contributed by atoms with E-state index in [-0.39, 0.29) is 11.3 Å². The highest BCUT2D eigenvalue weighted by Crippen LogP contribution is 2.17. The molecule has 1 aromatic rings. The lowest BCUT2D eigenvalue weighted by molar-refractivity contribution is 0.0551. The third-order valence-corrected chi connectivity index (χ3v) is 2.22. The summed E-state index contributed by atoms with van der Waals surface area (Å²) in [6.45, 7) is 4.00. The Morgan fingerprint density at radius 1 is 1.24 bits per heavy atom. The molecule has 94 valence electrons. The Morgan fingerprint density at radius 2 is 1.82 bits per heavy atom. The maximum atomic E-state index is 11.6. The monoisotopic (exact) mass is 240 g/mol. The number of nitrogens with one attached hydrogen (secondary N) is 1. The molecular formula is C11H16N2O4. The van der Waals surface area contributed by atoms with Crippen LogP contribution in [0.15, 0.2) is 0 Å². The van der Waals surface area contributed by atoms with Crippen LogP contribution in [0.25, 0.3) is 0 Å². The SMILES string of the molecule is COC(=O)c1n[nH]c(CC(C)C)c1C(=O)OC. The lowest BCUT2D eigenvalue weighted by Gasteiger charge is -2.05. The summed E-state index contributed by atoms with van der Waals surface area (Å²) < 4.78 is 9.21. The van der Waals surface area contributed by atoms with Crippen LogP contribution in [-0.4, -0.2) is 36.4 Å². The second-order valence-corrected chi connectivity index (χ2v) is 4.01. The summed E-state index contributed by atoms with van der Waals surface area (Å²) >= 11 is 0. The largest absolute Gasteiger partial charge is 0.465 e. The number of rotatable bonds is 4. The Kier molecular flexibility index (Phi) is 4.25. The smallest absolute Gasteiger partial charge is 0.359 e. The van der Waals surface area contributed by atoms with E-state index in [0.717, 1.165) is 0 Å². The maximum absolute atomic E-state index is 11.6. The summed E-state index contributed by atoms with van der Waals surface area (Å²) in [4.78, 5) is 23.1. The van der Waals surface area contributed by atoms with Crippen LogP contribution in [0, 0.1) is 5.92 Å². The Labute approximate surface area is 99.3 Å². The minimum atomic E-state index is -0.656. The van der Waals surface area contributed by atoms with Gasteiger partial charge in [0, 0.05) is 0 Å². The van der Waals surface area contributed by atoms with E-state index in [1.54, 1.807) is 0 Å². The first-order chi connectivity index (χ1) is 8.01. The molecule has 6 nitrogen and oxygen atoms in total. The summed E-state index contributed by atoms with van der Waals surface area (Å²) in [5.41, 5.74) is 0.718. The normalized spacial score (nSPS) is 10.4. The lowest BCUT2D eigenvalue weighted by atomic mass is 10.0. The van der Waals surface area contributed by atoms with Crippen LogP contribution in [-0.2, 0) is 15.9 Å². The quantitative estimate of drug-likeness (QED) is 0.799. The van der Waals surface area contributed by atoms with E-state index in [9.17, 15) is 9.59 Å². The topological polar surface area (TPSA) is 81.3 Å².